The van der Waals surface area contributed by atoms with Crippen molar-refractivity contribution < 1.29 is 8.78 Å². The minimum absolute atomic E-state index is 0.165. The fourth-order valence-corrected chi connectivity index (χ4v) is 1.31. The predicted octanol–water partition coefficient (Wildman–Crippen LogP) is 3.31. The Labute approximate surface area is 86.3 Å². The van der Waals surface area contributed by atoms with Crippen molar-refractivity contribution in [2.24, 2.45) is 0 Å². The number of halogens is 4. The monoisotopic (exact) mass is 266 g/mol. The number of pyridine rings is 1. The molecule has 1 rings (SSSR count). The molecule has 1 aromatic heterocycles. The van der Waals surface area contributed by atoms with E-state index in [2.05, 4.69) is 20.9 Å². The van der Waals surface area contributed by atoms with Crippen molar-refractivity contribution >= 4 is 27.5 Å². The minimum Gasteiger partial charge on any atom is -0.244 e. The number of nitriles is 1. The molecule has 13 heavy (non-hydrogen) atoms. The van der Waals surface area contributed by atoms with Gasteiger partial charge in [0.25, 0.3) is 6.43 Å². The summed E-state index contributed by atoms with van der Waals surface area (Å²) in [7, 11) is 0. The van der Waals surface area contributed by atoms with Crippen LogP contribution in [0.1, 0.15) is 17.7 Å². The molecular weight excluding hydrogens is 265 g/mol. The smallest absolute Gasteiger partial charge is 0.244 e. The largest absolute Gasteiger partial charge is 0.268 e. The maximum absolute atomic E-state index is 12.4. The third kappa shape index (κ3) is 1.95. The Balaban J connectivity index is 3.43. The van der Waals surface area contributed by atoms with Gasteiger partial charge in [0.2, 0.25) is 0 Å². The molecule has 0 atom stereocenters. The van der Waals surface area contributed by atoms with Gasteiger partial charge in [-0.3, -0.25) is 0 Å². The van der Waals surface area contributed by atoms with Crippen molar-refractivity contribution in [2.75, 3.05) is 0 Å². The van der Waals surface area contributed by atoms with E-state index in [4.69, 9.17) is 16.9 Å². The Morgan fingerprint density at radius 1 is 1.62 bits per heavy atom. The van der Waals surface area contributed by atoms with Crippen LogP contribution >= 0.6 is 27.5 Å². The Kier molecular flexibility index (Phi) is 3.17. The van der Waals surface area contributed by atoms with E-state index in [1.54, 1.807) is 6.07 Å². The molecule has 1 aromatic rings. The van der Waals surface area contributed by atoms with E-state index in [9.17, 15) is 8.78 Å². The molecule has 0 aliphatic carbocycles. The van der Waals surface area contributed by atoms with E-state index >= 15 is 0 Å². The van der Waals surface area contributed by atoms with Crippen LogP contribution in [0.15, 0.2) is 10.7 Å². The third-order valence-corrected chi connectivity index (χ3v) is 2.57. The van der Waals surface area contributed by atoms with Gasteiger partial charge < -0.3 is 0 Å². The van der Waals surface area contributed by atoms with Gasteiger partial charge in [-0.15, -0.1) is 0 Å². The summed E-state index contributed by atoms with van der Waals surface area (Å²) in [6.07, 6.45) is -1.58. The number of hydrogen-bond donors (Lipinski definition) is 0. The lowest BCUT2D eigenvalue weighted by atomic mass is 10.2. The molecule has 2 nitrogen and oxygen atoms in total. The normalized spacial score (nSPS) is 10.2. The van der Waals surface area contributed by atoms with Crippen LogP contribution in [0.3, 0.4) is 0 Å². The molecule has 0 saturated heterocycles. The van der Waals surface area contributed by atoms with Gasteiger partial charge in [-0.25, -0.2) is 13.8 Å². The Hall–Kier alpha value is -0.730. The average Bonchev–Trinajstić information content (AvgIpc) is 2.08. The highest BCUT2D eigenvalue weighted by atomic mass is 79.9. The molecule has 0 aliphatic rings. The van der Waals surface area contributed by atoms with Crippen LogP contribution < -0.4 is 0 Å². The fraction of sp³-hybridized carbons (Fsp3) is 0.143. The van der Waals surface area contributed by atoms with Gasteiger partial charge >= 0.3 is 0 Å². The molecule has 0 amide bonds. The second-order valence-corrected chi connectivity index (χ2v) is 3.33. The van der Waals surface area contributed by atoms with Gasteiger partial charge in [-0.05, 0) is 15.9 Å². The highest BCUT2D eigenvalue weighted by Crippen LogP contribution is 2.33. The zero-order chi connectivity index (χ0) is 10.0. The first-order valence-electron chi connectivity index (χ1n) is 3.10. The fourth-order valence-electron chi connectivity index (χ4n) is 0.768. The summed E-state index contributed by atoms with van der Waals surface area (Å²) in [5, 5.41) is 8.30. The van der Waals surface area contributed by atoms with Gasteiger partial charge in [0.15, 0.2) is 5.69 Å². The standard InChI is InChI=1S/C7H2BrClF2N2/c8-3-2-13-4(1-12)5(6(3)9)7(10)11/h2,7H. The van der Waals surface area contributed by atoms with Crippen molar-refractivity contribution in [3.8, 4) is 6.07 Å². The number of aromatic nitrogens is 1. The Morgan fingerprint density at radius 2 is 2.23 bits per heavy atom. The molecule has 0 fully saturated rings. The SMILES string of the molecule is N#Cc1ncc(Br)c(Cl)c1C(F)F. The zero-order valence-electron chi connectivity index (χ0n) is 6.06. The number of nitrogens with zero attached hydrogens (tertiary/aromatic N) is 2. The van der Waals surface area contributed by atoms with Crippen LogP contribution in [0.2, 0.25) is 5.02 Å². The lowest BCUT2D eigenvalue weighted by molar-refractivity contribution is 0.150. The first-order chi connectivity index (χ1) is 6.07. The molecule has 0 aliphatic heterocycles. The van der Waals surface area contributed by atoms with E-state index < -0.39 is 12.0 Å². The van der Waals surface area contributed by atoms with Gasteiger partial charge in [0.1, 0.15) is 6.07 Å². The molecule has 0 unspecified atom stereocenters. The highest BCUT2D eigenvalue weighted by Gasteiger charge is 2.20. The summed E-state index contributed by atoms with van der Waals surface area (Å²) < 4.78 is 25.0. The molecule has 0 saturated carbocycles. The average molecular weight is 267 g/mol. The van der Waals surface area contributed by atoms with Gasteiger partial charge in [0.05, 0.1) is 15.1 Å². The molecule has 68 valence electrons. The van der Waals surface area contributed by atoms with Crippen LogP contribution in [-0.2, 0) is 0 Å². The van der Waals surface area contributed by atoms with Gasteiger partial charge in [0, 0.05) is 6.20 Å². The molecule has 0 N–H and O–H groups in total. The minimum atomic E-state index is -2.80. The summed E-state index contributed by atoms with van der Waals surface area (Å²) in [6, 6.07) is 1.55. The lowest BCUT2D eigenvalue weighted by Gasteiger charge is -2.05. The summed E-state index contributed by atoms with van der Waals surface area (Å²) in [5.74, 6) is 0. The van der Waals surface area contributed by atoms with Crippen molar-refractivity contribution in [3.05, 3.63) is 26.9 Å². The van der Waals surface area contributed by atoms with Crippen LogP contribution in [0.25, 0.3) is 0 Å². The summed E-state index contributed by atoms with van der Waals surface area (Å²) in [5.41, 5.74) is -0.873. The molecular formula is C7H2BrClF2N2. The Morgan fingerprint density at radius 3 is 2.69 bits per heavy atom. The number of alkyl halides is 2. The Bertz CT molecular complexity index is 375. The van der Waals surface area contributed by atoms with Crippen molar-refractivity contribution in [1.82, 2.24) is 4.98 Å². The van der Waals surface area contributed by atoms with E-state index in [0.29, 0.717) is 0 Å². The van der Waals surface area contributed by atoms with Crippen LogP contribution in [-0.4, -0.2) is 4.98 Å². The second kappa shape index (κ2) is 3.99. The first kappa shape index (κ1) is 10.4. The topological polar surface area (TPSA) is 36.7 Å². The predicted molar refractivity (Wildman–Crippen MR) is 46.6 cm³/mol. The van der Waals surface area contributed by atoms with E-state index in [-0.39, 0.29) is 15.2 Å². The molecule has 6 heteroatoms. The zero-order valence-corrected chi connectivity index (χ0v) is 8.40. The summed E-state index contributed by atoms with van der Waals surface area (Å²) in [6.45, 7) is 0. The maximum atomic E-state index is 12.4. The van der Waals surface area contributed by atoms with Crippen molar-refractivity contribution in [1.29, 1.82) is 5.26 Å². The molecule has 1 heterocycles. The van der Waals surface area contributed by atoms with E-state index in [1.165, 1.54) is 6.20 Å². The molecule has 0 spiro atoms. The van der Waals surface area contributed by atoms with Crippen LogP contribution in [0, 0.1) is 11.3 Å². The van der Waals surface area contributed by atoms with Crippen molar-refractivity contribution in [3.63, 3.8) is 0 Å². The van der Waals surface area contributed by atoms with Crippen molar-refractivity contribution in [2.45, 2.75) is 6.43 Å². The molecule has 0 radical (unpaired) electrons. The maximum Gasteiger partial charge on any atom is 0.268 e. The number of rotatable bonds is 1. The van der Waals surface area contributed by atoms with Gasteiger partial charge in [-0.1, -0.05) is 11.6 Å². The van der Waals surface area contributed by atoms with Crippen LogP contribution in [0.4, 0.5) is 8.78 Å². The van der Waals surface area contributed by atoms with E-state index in [1.807, 2.05) is 0 Å². The van der Waals surface area contributed by atoms with E-state index in [0.717, 1.165) is 0 Å². The quantitative estimate of drug-likeness (QED) is 0.783. The van der Waals surface area contributed by atoms with Gasteiger partial charge in [-0.2, -0.15) is 5.26 Å². The second-order valence-electron chi connectivity index (χ2n) is 2.09. The summed E-state index contributed by atoms with van der Waals surface area (Å²) in [4.78, 5) is 3.51. The lowest BCUT2D eigenvalue weighted by Crippen LogP contribution is -1.96. The molecule has 0 aromatic carbocycles. The van der Waals surface area contributed by atoms with Crippen LogP contribution in [0.5, 0.6) is 0 Å². The first-order valence-corrected chi connectivity index (χ1v) is 4.27. The highest BCUT2D eigenvalue weighted by molar-refractivity contribution is 9.10. The summed E-state index contributed by atoms with van der Waals surface area (Å²) >= 11 is 8.49. The third-order valence-electron chi connectivity index (χ3n) is 1.33. The molecule has 0 bridgehead atoms. The number of hydrogen-bond acceptors (Lipinski definition) is 2.